The molecule has 5 atom stereocenters. The molecule has 3 aromatic heterocycles. The van der Waals surface area contributed by atoms with E-state index in [-0.39, 0.29) is 66.5 Å². The number of aryl methyl sites for hydroxylation is 1. The molecule has 0 unspecified atom stereocenters. The van der Waals surface area contributed by atoms with Gasteiger partial charge in [0.1, 0.15) is 18.0 Å². The van der Waals surface area contributed by atoms with Gasteiger partial charge in [-0.1, -0.05) is 72.8 Å². The Morgan fingerprint density at radius 1 is 1.00 bits per heavy atom. The van der Waals surface area contributed by atoms with Crippen molar-refractivity contribution in [3.63, 3.8) is 0 Å². The molecule has 2 amide bonds. The molecule has 5 N–H and O–H groups in total. The Hall–Kier alpha value is -6.91. The second-order valence-electron chi connectivity index (χ2n) is 14.6. The maximum atomic E-state index is 13.5. The van der Waals surface area contributed by atoms with Crippen LogP contribution in [0.2, 0.25) is 0 Å². The third kappa shape index (κ3) is 8.78. The number of hydroxylamine groups is 2. The second-order valence-corrected chi connectivity index (χ2v) is 14.6. The molecule has 22 heteroatoms. The molecule has 0 aliphatic carbocycles. The predicted molar refractivity (Wildman–Crippen MR) is 212 cm³/mol. The van der Waals surface area contributed by atoms with Gasteiger partial charge in [0.2, 0.25) is 11.8 Å². The molecule has 5 heterocycles. The van der Waals surface area contributed by atoms with E-state index < -0.39 is 48.8 Å². The minimum Gasteiger partial charge on any atom is -0.508 e. The van der Waals surface area contributed by atoms with Gasteiger partial charge in [0.15, 0.2) is 29.3 Å². The molecule has 0 spiro atoms. The third-order valence-corrected chi connectivity index (χ3v) is 10.6. The molecule has 62 heavy (non-hydrogen) atoms. The van der Waals surface area contributed by atoms with Crippen LogP contribution in [-0.4, -0.2) is 116 Å². The third-order valence-electron chi connectivity index (χ3n) is 10.6. The summed E-state index contributed by atoms with van der Waals surface area (Å²) in [6.07, 6.45) is -9.38. The predicted octanol–water partition coefficient (Wildman–Crippen LogP) is 3.59. The van der Waals surface area contributed by atoms with Crippen LogP contribution in [0.3, 0.4) is 0 Å². The summed E-state index contributed by atoms with van der Waals surface area (Å²) >= 11 is 0. The molecule has 3 aromatic carbocycles. The summed E-state index contributed by atoms with van der Waals surface area (Å²) in [6.45, 7) is 2.25. The van der Waals surface area contributed by atoms with Crippen LogP contribution in [0, 0.1) is 0 Å². The monoisotopic (exact) mass is 858 g/mol. The minimum atomic E-state index is -5.41. The first-order valence-electron chi connectivity index (χ1n) is 19.6. The van der Waals surface area contributed by atoms with E-state index in [0.717, 1.165) is 11.1 Å². The number of benzene rings is 3. The molecule has 0 radical (unpaired) electrons. The van der Waals surface area contributed by atoms with Crippen molar-refractivity contribution in [2.75, 3.05) is 29.9 Å². The number of nitrogens with one attached hydrogen (secondary N) is 2. The number of amides is 2. The van der Waals surface area contributed by atoms with Crippen molar-refractivity contribution in [2.45, 2.75) is 69.1 Å². The van der Waals surface area contributed by atoms with Crippen LogP contribution < -0.4 is 15.5 Å². The highest BCUT2D eigenvalue weighted by atomic mass is 19.4. The second kappa shape index (κ2) is 17.6. The maximum absolute atomic E-state index is 13.5. The summed E-state index contributed by atoms with van der Waals surface area (Å²) in [5.41, 5.74) is 2.88. The number of nitrogens with zero attached hydrogens (tertiary/aromatic N) is 10. The van der Waals surface area contributed by atoms with Crippen molar-refractivity contribution in [1.29, 1.82) is 0 Å². The van der Waals surface area contributed by atoms with Crippen molar-refractivity contribution in [3.05, 3.63) is 114 Å². The first-order valence-corrected chi connectivity index (χ1v) is 19.6. The topological polar surface area (TPSA) is 231 Å². The molecule has 19 nitrogen and oxygen atoms in total. The number of carbonyl (C=O) groups excluding carboxylic acids is 2. The van der Waals surface area contributed by atoms with Crippen LogP contribution in [0.4, 0.5) is 29.7 Å². The van der Waals surface area contributed by atoms with Gasteiger partial charge in [0.05, 0.1) is 18.9 Å². The molecular weight excluding hydrogens is 818 g/mol. The lowest BCUT2D eigenvalue weighted by atomic mass is 9.91. The SMILES string of the molecule is CCn1nnc([C@H]2O[C@@H](n3cnc4c(NCC(c5ccccc5)c5ccccc5)nc(N5CC[C@@H](N(OC(=O)C(F)(F)F)C(=O)NCc6cccc(O)c6)C5)nc43)[C@H](O)[C@@H]2O)n1. The summed E-state index contributed by atoms with van der Waals surface area (Å²) in [6, 6.07) is 23.3. The van der Waals surface area contributed by atoms with Crippen LogP contribution in [0.15, 0.2) is 91.3 Å². The number of aliphatic hydroxyl groups is 2. The van der Waals surface area contributed by atoms with Gasteiger partial charge in [0.25, 0.3) is 0 Å². The number of imidazole rings is 1. The van der Waals surface area contributed by atoms with E-state index in [1.54, 1.807) is 17.9 Å². The number of phenols is 1. The van der Waals surface area contributed by atoms with Gasteiger partial charge in [-0.2, -0.15) is 27.9 Å². The standard InChI is InChI=1S/C40H41F3N12O7/c1-2-54-50-34(49-51-54)32-30(57)31(58)36(61-32)53-22-46-29-33(44-20-28(24-11-5-3-6-12-24)25-13-7-4-8-14-25)47-38(48-35(29)53)52-17-16-26(21-52)55(62-37(59)40(41,42)43)39(60)45-19-23-10-9-15-27(56)18-23/h3-15,18,22,26,28,30-32,36,56-58H,2,16-17,19-21H2,1H3,(H,45,60)(H,44,47,48)/t26-,30+,31-,32+,36-/m1/s1. The zero-order chi connectivity index (χ0) is 43.5. The molecule has 2 aliphatic rings. The Labute approximate surface area is 350 Å². The van der Waals surface area contributed by atoms with Crippen LogP contribution in [0.25, 0.3) is 11.2 Å². The number of tetrazole rings is 1. The molecule has 8 rings (SSSR count). The van der Waals surface area contributed by atoms with E-state index in [0.29, 0.717) is 23.7 Å². The number of halogens is 3. The Morgan fingerprint density at radius 2 is 1.73 bits per heavy atom. The van der Waals surface area contributed by atoms with Gasteiger partial charge in [-0.05, 0) is 47.4 Å². The molecule has 0 bridgehead atoms. The number of alkyl halides is 3. The van der Waals surface area contributed by atoms with E-state index >= 15 is 0 Å². The highest BCUT2D eigenvalue weighted by Crippen LogP contribution is 2.39. The van der Waals surface area contributed by atoms with E-state index in [1.165, 1.54) is 33.9 Å². The lowest BCUT2D eigenvalue weighted by Gasteiger charge is -2.27. The number of aromatic nitrogens is 8. The van der Waals surface area contributed by atoms with Crippen molar-refractivity contribution >= 4 is 34.9 Å². The fourth-order valence-electron chi connectivity index (χ4n) is 7.42. The molecule has 0 saturated carbocycles. The van der Waals surface area contributed by atoms with Gasteiger partial charge in [0, 0.05) is 32.1 Å². The molecule has 324 valence electrons. The van der Waals surface area contributed by atoms with Crippen molar-refractivity contribution in [1.82, 2.24) is 50.1 Å². The largest absolute Gasteiger partial charge is 0.508 e. The Morgan fingerprint density at radius 3 is 2.39 bits per heavy atom. The summed E-state index contributed by atoms with van der Waals surface area (Å²) < 4.78 is 48.1. The quantitative estimate of drug-likeness (QED) is 0.111. The number of rotatable bonds is 12. The number of ether oxygens (including phenoxy) is 1. The number of phenolic OH excluding ortho intramolecular Hbond substituents is 1. The normalized spacial score (nSPS) is 20.2. The van der Waals surface area contributed by atoms with Gasteiger partial charge < -0.3 is 40.4 Å². The van der Waals surface area contributed by atoms with Crippen molar-refractivity contribution in [2.24, 2.45) is 0 Å². The van der Waals surface area contributed by atoms with Gasteiger partial charge in [-0.25, -0.2) is 14.6 Å². The number of fused-ring (bicyclic) bond motifs is 1. The molecule has 6 aromatic rings. The smallest absolute Gasteiger partial charge is 0.493 e. The van der Waals surface area contributed by atoms with E-state index in [9.17, 15) is 38.1 Å². The number of anilines is 2. The Balaban J connectivity index is 1.12. The van der Waals surface area contributed by atoms with Crippen LogP contribution in [0.1, 0.15) is 54.1 Å². The summed E-state index contributed by atoms with van der Waals surface area (Å²) in [5, 5.41) is 50.6. The fourth-order valence-corrected chi connectivity index (χ4v) is 7.42. The summed E-state index contributed by atoms with van der Waals surface area (Å²) in [5.74, 6) is -2.48. The Bertz CT molecular complexity index is 2470. The van der Waals surface area contributed by atoms with Crippen LogP contribution in [0.5, 0.6) is 5.75 Å². The molecular formula is C40H41F3N12O7. The number of urea groups is 1. The molecule has 2 fully saturated rings. The number of carbonyl (C=O) groups is 2. The highest BCUT2D eigenvalue weighted by Gasteiger charge is 2.48. The number of hydrogen-bond donors (Lipinski definition) is 5. The van der Waals surface area contributed by atoms with Crippen LogP contribution >= 0.6 is 0 Å². The van der Waals surface area contributed by atoms with Gasteiger partial charge >= 0.3 is 18.2 Å². The maximum Gasteiger partial charge on any atom is 0.493 e. The first-order chi connectivity index (χ1) is 29.9. The zero-order valence-electron chi connectivity index (χ0n) is 32.9. The summed E-state index contributed by atoms with van der Waals surface area (Å²) in [7, 11) is 0. The van der Waals surface area contributed by atoms with Crippen LogP contribution in [-0.2, 0) is 27.5 Å². The number of aliphatic hydroxyl groups excluding tert-OH is 2. The van der Waals surface area contributed by atoms with Crippen molar-refractivity contribution < 1.29 is 47.7 Å². The Kier molecular flexibility index (Phi) is 11.9. The van der Waals surface area contributed by atoms with E-state index in [4.69, 9.17) is 14.7 Å². The fraction of sp³-hybridized carbons (Fsp3) is 0.350. The van der Waals surface area contributed by atoms with E-state index in [2.05, 4.69) is 35.9 Å². The highest BCUT2D eigenvalue weighted by molar-refractivity contribution is 5.85. The number of aromatic hydroxyl groups is 1. The molecule has 2 saturated heterocycles. The van der Waals surface area contributed by atoms with Gasteiger partial charge in [-0.3, -0.25) is 4.57 Å². The zero-order valence-corrected chi connectivity index (χ0v) is 32.9. The molecule has 2 aliphatic heterocycles. The first kappa shape index (κ1) is 41.8. The number of hydrogen-bond acceptors (Lipinski definition) is 15. The van der Waals surface area contributed by atoms with E-state index in [1.807, 2.05) is 60.7 Å². The van der Waals surface area contributed by atoms with Crippen molar-refractivity contribution in [3.8, 4) is 5.75 Å². The summed E-state index contributed by atoms with van der Waals surface area (Å²) in [4.78, 5) is 47.4. The average molecular weight is 859 g/mol. The average Bonchev–Trinajstić information content (AvgIpc) is 4.10. The van der Waals surface area contributed by atoms with Gasteiger partial charge in [-0.15, -0.1) is 15.3 Å². The lowest BCUT2D eigenvalue weighted by Crippen LogP contribution is -2.49. The minimum absolute atomic E-state index is 0.0297. The lowest BCUT2D eigenvalue weighted by molar-refractivity contribution is -0.232.